The Morgan fingerprint density at radius 1 is 1.50 bits per heavy atom. The van der Waals surface area contributed by atoms with Crippen LogP contribution >= 0.6 is 0 Å². The molecule has 0 aliphatic rings. The zero-order valence-electron chi connectivity index (χ0n) is 8.26. The first-order valence-corrected chi connectivity index (χ1v) is 4.31. The van der Waals surface area contributed by atoms with Gasteiger partial charge in [-0.3, -0.25) is 0 Å². The molecule has 3 nitrogen and oxygen atoms in total. The highest BCUT2D eigenvalue weighted by Crippen LogP contribution is 2.16. The summed E-state index contributed by atoms with van der Waals surface area (Å²) in [5.74, 6) is 1.73. The van der Waals surface area contributed by atoms with Crippen molar-refractivity contribution in [2.45, 2.75) is 20.3 Å². The van der Waals surface area contributed by atoms with E-state index in [1.165, 1.54) is 5.69 Å². The molecule has 0 fully saturated rings. The van der Waals surface area contributed by atoms with Gasteiger partial charge in [0.05, 0.1) is 12.0 Å². The van der Waals surface area contributed by atoms with E-state index in [9.17, 15) is 0 Å². The Kier molecular flexibility index (Phi) is 2.74. The van der Waals surface area contributed by atoms with Crippen molar-refractivity contribution >= 4 is 5.82 Å². The van der Waals surface area contributed by atoms with Crippen LogP contribution in [0.5, 0.6) is 0 Å². The van der Waals surface area contributed by atoms with Gasteiger partial charge in [-0.15, -0.1) is 0 Å². The number of aromatic nitrogens is 2. The lowest BCUT2D eigenvalue weighted by Crippen LogP contribution is -2.12. The van der Waals surface area contributed by atoms with Crippen molar-refractivity contribution in [3.05, 3.63) is 12.0 Å². The van der Waals surface area contributed by atoms with E-state index in [1.807, 2.05) is 19.0 Å². The van der Waals surface area contributed by atoms with Gasteiger partial charge in [0.15, 0.2) is 0 Å². The van der Waals surface area contributed by atoms with E-state index in [2.05, 4.69) is 23.8 Å². The van der Waals surface area contributed by atoms with Crippen LogP contribution < -0.4 is 4.90 Å². The molecule has 0 aromatic carbocycles. The maximum Gasteiger partial charge on any atom is 0.149 e. The van der Waals surface area contributed by atoms with E-state index in [4.69, 9.17) is 0 Å². The van der Waals surface area contributed by atoms with Crippen molar-refractivity contribution < 1.29 is 0 Å². The topological polar surface area (TPSA) is 31.9 Å². The highest BCUT2D eigenvalue weighted by atomic mass is 15.2. The fourth-order valence-electron chi connectivity index (χ4n) is 1.26. The molecular formula is C9H17N3. The third-order valence-electron chi connectivity index (χ3n) is 1.73. The summed E-state index contributed by atoms with van der Waals surface area (Å²) >= 11 is 0. The van der Waals surface area contributed by atoms with Crippen LogP contribution in [0.2, 0.25) is 0 Å². The number of anilines is 1. The van der Waals surface area contributed by atoms with Crippen LogP contribution in [-0.2, 0) is 6.42 Å². The van der Waals surface area contributed by atoms with Gasteiger partial charge in [-0.25, -0.2) is 4.98 Å². The monoisotopic (exact) mass is 167 g/mol. The zero-order chi connectivity index (χ0) is 9.14. The third kappa shape index (κ3) is 2.00. The molecule has 0 saturated carbocycles. The Morgan fingerprint density at radius 3 is 2.67 bits per heavy atom. The Labute approximate surface area is 73.8 Å². The minimum Gasteiger partial charge on any atom is -0.361 e. The minimum absolute atomic E-state index is 0.671. The normalized spacial score (nSPS) is 10.8. The molecule has 1 rings (SSSR count). The molecule has 0 radical (unpaired) electrons. The van der Waals surface area contributed by atoms with E-state index >= 15 is 0 Å². The Bertz CT molecular complexity index is 238. The summed E-state index contributed by atoms with van der Waals surface area (Å²) < 4.78 is 0. The largest absolute Gasteiger partial charge is 0.361 e. The van der Waals surface area contributed by atoms with Crippen LogP contribution in [0.3, 0.4) is 0 Å². The molecule has 1 heterocycles. The third-order valence-corrected chi connectivity index (χ3v) is 1.73. The fourth-order valence-corrected chi connectivity index (χ4v) is 1.26. The van der Waals surface area contributed by atoms with Crippen molar-refractivity contribution in [3.63, 3.8) is 0 Å². The van der Waals surface area contributed by atoms with Crippen molar-refractivity contribution in [2.75, 3.05) is 19.0 Å². The molecule has 0 spiro atoms. The maximum atomic E-state index is 4.24. The number of nitrogens with one attached hydrogen (secondary N) is 1. The number of rotatable bonds is 3. The molecule has 12 heavy (non-hydrogen) atoms. The summed E-state index contributed by atoms with van der Waals surface area (Å²) in [6.07, 6.45) is 2.82. The highest BCUT2D eigenvalue weighted by Gasteiger charge is 2.08. The summed E-state index contributed by atoms with van der Waals surface area (Å²) in [4.78, 5) is 9.44. The number of aromatic amines is 1. The standard InChI is InChI=1S/C9H17N3/c1-7(2)5-8-9(12(3)4)11-6-10-8/h6-7H,5H2,1-4H3,(H,10,11). The second-order valence-corrected chi connectivity index (χ2v) is 3.70. The summed E-state index contributed by atoms with van der Waals surface area (Å²) in [6, 6.07) is 0. The van der Waals surface area contributed by atoms with Gasteiger partial charge < -0.3 is 9.88 Å². The Morgan fingerprint density at radius 2 is 2.17 bits per heavy atom. The number of H-pyrrole nitrogens is 1. The van der Waals surface area contributed by atoms with Gasteiger partial charge in [0.25, 0.3) is 0 Å². The summed E-state index contributed by atoms with van der Waals surface area (Å²) in [6.45, 7) is 4.42. The van der Waals surface area contributed by atoms with Gasteiger partial charge in [0, 0.05) is 14.1 Å². The number of hydrogen-bond donors (Lipinski definition) is 1. The Hall–Kier alpha value is -0.990. The van der Waals surface area contributed by atoms with Gasteiger partial charge in [0.2, 0.25) is 0 Å². The van der Waals surface area contributed by atoms with Crippen molar-refractivity contribution in [1.82, 2.24) is 9.97 Å². The van der Waals surface area contributed by atoms with Gasteiger partial charge >= 0.3 is 0 Å². The molecule has 1 N–H and O–H groups in total. The van der Waals surface area contributed by atoms with Crippen LogP contribution in [0.15, 0.2) is 6.33 Å². The summed E-state index contributed by atoms with van der Waals surface area (Å²) in [5.41, 5.74) is 1.23. The molecule has 0 aliphatic heterocycles. The lowest BCUT2D eigenvalue weighted by molar-refractivity contribution is 0.637. The SMILES string of the molecule is CC(C)Cc1[nH]cnc1N(C)C. The molecule has 0 amide bonds. The molecule has 3 heteroatoms. The molecule has 0 atom stereocenters. The molecular weight excluding hydrogens is 150 g/mol. The second kappa shape index (κ2) is 3.61. The predicted octanol–water partition coefficient (Wildman–Crippen LogP) is 1.67. The van der Waals surface area contributed by atoms with Gasteiger partial charge in [-0.05, 0) is 12.3 Å². The maximum absolute atomic E-state index is 4.24. The number of hydrogen-bond acceptors (Lipinski definition) is 2. The smallest absolute Gasteiger partial charge is 0.149 e. The first kappa shape index (κ1) is 9.10. The molecule has 1 aromatic rings. The van der Waals surface area contributed by atoms with Crippen LogP contribution in [-0.4, -0.2) is 24.1 Å². The molecule has 0 saturated heterocycles. The summed E-state index contributed by atoms with van der Waals surface area (Å²) in [7, 11) is 4.03. The average Bonchev–Trinajstić information content (AvgIpc) is 2.33. The summed E-state index contributed by atoms with van der Waals surface area (Å²) in [5, 5.41) is 0. The zero-order valence-corrected chi connectivity index (χ0v) is 8.26. The first-order chi connectivity index (χ1) is 5.61. The molecule has 68 valence electrons. The van der Waals surface area contributed by atoms with E-state index in [1.54, 1.807) is 6.33 Å². The number of nitrogens with zero attached hydrogens (tertiary/aromatic N) is 2. The average molecular weight is 167 g/mol. The predicted molar refractivity (Wildman–Crippen MR) is 51.5 cm³/mol. The molecule has 0 bridgehead atoms. The molecule has 1 aromatic heterocycles. The van der Waals surface area contributed by atoms with Crippen LogP contribution in [0.25, 0.3) is 0 Å². The first-order valence-electron chi connectivity index (χ1n) is 4.31. The van der Waals surface area contributed by atoms with Crippen LogP contribution in [0.1, 0.15) is 19.5 Å². The van der Waals surface area contributed by atoms with Gasteiger partial charge in [0.1, 0.15) is 5.82 Å². The Balaban J connectivity index is 2.77. The second-order valence-electron chi connectivity index (χ2n) is 3.70. The lowest BCUT2D eigenvalue weighted by atomic mass is 10.1. The van der Waals surface area contributed by atoms with Crippen molar-refractivity contribution in [3.8, 4) is 0 Å². The van der Waals surface area contributed by atoms with Crippen molar-refractivity contribution in [2.24, 2.45) is 5.92 Å². The van der Waals surface area contributed by atoms with Gasteiger partial charge in [-0.2, -0.15) is 0 Å². The quantitative estimate of drug-likeness (QED) is 0.742. The minimum atomic E-state index is 0.671. The van der Waals surface area contributed by atoms with E-state index in [0.717, 1.165) is 12.2 Å². The molecule has 0 aliphatic carbocycles. The van der Waals surface area contributed by atoms with Crippen LogP contribution in [0.4, 0.5) is 5.82 Å². The van der Waals surface area contributed by atoms with E-state index in [-0.39, 0.29) is 0 Å². The fraction of sp³-hybridized carbons (Fsp3) is 0.667. The molecule has 0 unspecified atom stereocenters. The van der Waals surface area contributed by atoms with E-state index in [0.29, 0.717) is 5.92 Å². The van der Waals surface area contributed by atoms with Crippen LogP contribution in [0, 0.1) is 5.92 Å². The van der Waals surface area contributed by atoms with Gasteiger partial charge in [-0.1, -0.05) is 13.8 Å². The lowest BCUT2D eigenvalue weighted by Gasteiger charge is -2.12. The van der Waals surface area contributed by atoms with E-state index < -0.39 is 0 Å². The van der Waals surface area contributed by atoms with Crippen molar-refractivity contribution in [1.29, 1.82) is 0 Å². The highest BCUT2D eigenvalue weighted by molar-refractivity contribution is 5.41. The number of imidazole rings is 1.